The van der Waals surface area contributed by atoms with Gasteiger partial charge in [0, 0.05) is 30.0 Å². The van der Waals surface area contributed by atoms with Gasteiger partial charge in [-0.05, 0) is 18.9 Å². The summed E-state index contributed by atoms with van der Waals surface area (Å²) in [6.45, 7) is 0.261. The lowest BCUT2D eigenvalue weighted by Gasteiger charge is -2.15. The Hall–Kier alpha value is -1.29. The number of aromatic nitrogens is 1. The second-order valence-electron chi connectivity index (χ2n) is 4.15. The molecule has 82 valence electrons. The molecule has 0 aromatic carbocycles. The van der Waals surface area contributed by atoms with Gasteiger partial charge in [0.25, 0.3) is 5.56 Å². The highest BCUT2D eigenvalue weighted by atomic mass is 16.1. The highest BCUT2D eigenvalue weighted by Gasteiger charge is 2.18. The van der Waals surface area contributed by atoms with Gasteiger partial charge in [-0.1, -0.05) is 12.8 Å². The first kappa shape index (κ1) is 10.2. The van der Waals surface area contributed by atoms with E-state index in [4.69, 9.17) is 11.5 Å². The average molecular weight is 207 g/mol. The molecule has 1 aromatic rings. The first-order valence-electron chi connectivity index (χ1n) is 5.43. The molecule has 1 aliphatic rings. The fourth-order valence-corrected chi connectivity index (χ4v) is 2.29. The molecule has 4 N–H and O–H groups in total. The van der Waals surface area contributed by atoms with Gasteiger partial charge in [-0.3, -0.25) is 4.79 Å². The topological polar surface area (TPSA) is 74.0 Å². The first-order chi connectivity index (χ1) is 7.22. The fourth-order valence-electron chi connectivity index (χ4n) is 2.29. The predicted octanol–water partition coefficient (Wildman–Crippen LogP) is 1.00. The van der Waals surface area contributed by atoms with Gasteiger partial charge in [0.1, 0.15) is 0 Å². The zero-order valence-electron chi connectivity index (χ0n) is 8.78. The largest absolute Gasteiger partial charge is 0.398 e. The van der Waals surface area contributed by atoms with Gasteiger partial charge >= 0.3 is 0 Å². The summed E-state index contributed by atoms with van der Waals surface area (Å²) in [6, 6.07) is 2.00. The summed E-state index contributed by atoms with van der Waals surface area (Å²) in [5, 5.41) is 0. The van der Waals surface area contributed by atoms with Crippen molar-refractivity contribution in [3.05, 3.63) is 28.2 Å². The Morgan fingerprint density at radius 1 is 1.40 bits per heavy atom. The van der Waals surface area contributed by atoms with Gasteiger partial charge in [0.2, 0.25) is 0 Å². The second kappa shape index (κ2) is 4.06. The van der Waals surface area contributed by atoms with Gasteiger partial charge in [-0.2, -0.15) is 0 Å². The third-order valence-corrected chi connectivity index (χ3v) is 3.08. The second-order valence-corrected chi connectivity index (χ2v) is 4.15. The van der Waals surface area contributed by atoms with E-state index in [1.807, 2.05) is 0 Å². The number of rotatable bonds is 2. The molecule has 1 saturated carbocycles. The quantitative estimate of drug-likeness (QED) is 0.760. The number of anilines is 1. The fraction of sp³-hybridized carbons (Fsp3) is 0.545. The van der Waals surface area contributed by atoms with Crippen LogP contribution in [0.25, 0.3) is 0 Å². The van der Waals surface area contributed by atoms with Crippen LogP contribution in [0.5, 0.6) is 0 Å². The van der Waals surface area contributed by atoms with E-state index in [1.165, 1.54) is 12.8 Å². The Morgan fingerprint density at radius 3 is 2.67 bits per heavy atom. The zero-order chi connectivity index (χ0) is 10.8. The molecule has 1 aromatic heterocycles. The minimum absolute atomic E-state index is 0.0265. The highest BCUT2D eigenvalue weighted by Crippen LogP contribution is 2.28. The van der Waals surface area contributed by atoms with Crippen molar-refractivity contribution in [1.82, 2.24) is 4.57 Å². The van der Waals surface area contributed by atoms with Gasteiger partial charge < -0.3 is 16.0 Å². The van der Waals surface area contributed by atoms with Gasteiger partial charge in [0.15, 0.2) is 0 Å². The lowest BCUT2D eigenvalue weighted by Crippen LogP contribution is -2.27. The Kier molecular flexibility index (Phi) is 2.77. The summed E-state index contributed by atoms with van der Waals surface area (Å²) >= 11 is 0. The maximum atomic E-state index is 12.0. The summed E-state index contributed by atoms with van der Waals surface area (Å²) in [6.07, 6.45) is 6.30. The molecule has 0 spiro atoms. The molecule has 0 bridgehead atoms. The summed E-state index contributed by atoms with van der Waals surface area (Å²) in [7, 11) is 0. The third kappa shape index (κ3) is 1.90. The minimum Gasteiger partial charge on any atom is -0.398 e. The summed E-state index contributed by atoms with van der Waals surface area (Å²) in [5.41, 5.74) is 12.5. The zero-order valence-corrected chi connectivity index (χ0v) is 8.78. The summed E-state index contributed by atoms with van der Waals surface area (Å²) in [5.74, 6) is 0. The van der Waals surface area contributed by atoms with Crippen molar-refractivity contribution in [2.75, 3.05) is 5.73 Å². The molecule has 1 heterocycles. The standard InChI is InChI=1S/C11H17N3O/c12-6-8-5-9(13)7-14(11(8)15)10-3-1-2-4-10/h5,7,10H,1-4,6,12-13H2. The van der Waals surface area contributed by atoms with Crippen molar-refractivity contribution in [3.63, 3.8) is 0 Å². The number of hydrogen-bond donors (Lipinski definition) is 2. The lowest BCUT2D eigenvalue weighted by molar-refractivity contribution is 0.500. The third-order valence-electron chi connectivity index (χ3n) is 3.08. The van der Waals surface area contributed by atoms with E-state index >= 15 is 0 Å². The normalized spacial score (nSPS) is 17.1. The van der Waals surface area contributed by atoms with Crippen LogP contribution in [0.15, 0.2) is 17.1 Å². The molecule has 0 atom stereocenters. The van der Waals surface area contributed by atoms with E-state index in [2.05, 4.69) is 0 Å². The van der Waals surface area contributed by atoms with E-state index in [9.17, 15) is 4.79 Å². The van der Waals surface area contributed by atoms with Crippen LogP contribution in [0.1, 0.15) is 37.3 Å². The molecule has 15 heavy (non-hydrogen) atoms. The average Bonchev–Trinajstić information content (AvgIpc) is 2.74. The van der Waals surface area contributed by atoms with Crippen molar-refractivity contribution >= 4 is 5.69 Å². The molecule has 1 aliphatic carbocycles. The van der Waals surface area contributed by atoms with E-state index in [0.29, 0.717) is 17.3 Å². The molecule has 4 nitrogen and oxygen atoms in total. The molecule has 4 heteroatoms. The van der Waals surface area contributed by atoms with Crippen molar-refractivity contribution in [3.8, 4) is 0 Å². The van der Waals surface area contributed by atoms with Crippen molar-refractivity contribution in [2.45, 2.75) is 38.3 Å². The van der Waals surface area contributed by atoms with Gasteiger partial charge in [-0.25, -0.2) is 0 Å². The number of hydrogen-bond acceptors (Lipinski definition) is 3. The van der Waals surface area contributed by atoms with Crippen LogP contribution < -0.4 is 17.0 Å². The van der Waals surface area contributed by atoms with E-state index in [1.54, 1.807) is 16.8 Å². The van der Waals surface area contributed by atoms with E-state index < -0.39 is 0 Å². The highest BCUT2D eigenvalue weighted by molar-refractivity contribution is 5.38. The minimum atomic E-state index is 0.0265. The van der Waals surface area contributed by atoms with Crippen LogP contribution in [0, 0.1) is 0 Å². The Labute approximate surface area is 88.9 Å². The Bertz CT molecular complexity index is 405. The number of nitrogens with two attached hydrogens (primary N) is 2. The monoisotopic (exact) mass is 207 g/mol. The molecule has 2 rings (SSSR count). The number of nitrogen functional groups attached to an aromatic ring is 1. The van der Waals surface area contributed by atoms with Crippen LogP contribution in [-0.4, -0.2) is 4.57 Å². The molecule has 1 fully saturated rings. The van der Waals surface area contributed by atoms with Gasteiger partial charge in [-0.15, -0.1) is 0 Å². The van der Waals surface area contributed by atoms with Crippen LogP contribution >= 0.6 is 0 Å². The van der Waals surface area contributed by atoms with Crippen molar-refractivity contribution < 1.29 is 0 Å². The molecule has 0 saturated heterocycles. The number of nitrogens with zero attached hydrogens (tertiary/aromatic N) is 1. The van der Waals surface area contributed by atoms with Crippen LogP contribution in [0.4, 0.5) is 5.69 Å². The predicted molar refractivity (Wildman–Crippen MR) is 60.5 cm³/mol. The first-order valence-corrected chi connectivity index (χ1v) is 5.43. The molecule has 0 radical (unpaired) electrons. The molecular formula is C11H17N3O. The number of pyridine rings is 1. The maximum absolute atomic E-state index is 12.0. The molecule has 0 aliphatic heterocycles. The Morgan fingerprint density at radius 2 is 2.07 bits per heavy atom. The van der Waals surface area contributed by atoms with Crippen LogP contribution in [0.2, 0.25) is 0 Å². The van der Waals surface area contributed by atoms with Crippen LogP contribution in [-0.2, 0) is 6.54 Å². The Balaban J connectivity index is 2.45. The van der Waals surface area contributed by atoms with E-state index in [0.717, 1.165) is 12.8 Å². The molecule has 0 amide bonds. The van der Waals surface area contributed by atoms with Gasteiger partial charge in [0.05, 0.1) is 0 Å². The van der Waals surface area contributed by atoms with Crippen molar-refractivity contribution in [2.24, 2.45) is 5.73 Å². The summed E-state index contributed by atoms with van der Waals surface area (Å²) < 4.78 is 1.77. The maximum Gasteiger partial charge on any atom is 0.255 e. The molecule has 0 unspecified atom stereocenters. The SMILES string of the molecule is NCc1cc(N)cn(C2CCCC2)c1=O. The summed E-state index contributed by atoms with van der Waals surface area (Å²) in [4.78, 5) is 12.0. The lowest BCUT2D eigenvalue weighted by atomic mass is 10.2. The smallest absolute Gasteiger partial charge is 0.255 e. The molecular weight excluding hydrogens is 190 g/mol. The van der Waals surface area contributed by atoms with Crippen LogP contribution in [0.3, 0.4) is 0 Å². The van der Waals surface area contributed by atoms with E-state index in [-0.39, 0.29) is 12.1 Å². The van der Waals surface area contributed by atoms with Crippen molar-refractivity contribution in [1.29, 1.82) is 0 Å².